The van der Waals surface area contributed by atoms with E-state index in [9.17, 15) is 14.4 Å². The van der Waals surface area contributed by atoms with Gasteiger partial charge in [-0.05, 0) is 42.0 Å². The second-order valence-electron chi connectivity index (χ2n) is 9.91. The fourth-order valence-electron chi connectivity index (χ4n) is 5.20. The van der Waals surface area contributed by atoms with Crippen LogP contribution in [0.25, 0.3) is 11.1 Å². The van der Waals surface area contributed by atoms with E-state index in [1.54, 1.807) is 4.90 Å². The van der Waals surface area contributed by atoms with Crippen molar-refractivity contribution in [1.29, 1.82) is 0 Å². The highest BCUT2D eigenvalue weighted by Crippen LogP contribution is 2.44. The van der Waals surface area contributed by atoms with E-state index in [0.29, 0.717) is 13.1 Å². The van der Waals surface area contributed by atoms with E-state index in [1.165, 1.54) is 22.3 Å². The predicted molar refractivity (Wildman–Crippen MR) is 133 cm³/mol. The summed E-state index contributed by atoms with van der Waals surface area (Å²) < 4.78 is 5.61. The van der Waals surface area contributed by atoms with Gasteiger partial charge < -0.3 is 20.1 Å². The number of rotatable bonds is 10. The zero-order valence-electron chi connectivity index (χ0n) is 20.4. The van der Waals surface area contributed by atoms with Crippen LogP contribution in [0.3, 0.4) is 0 Å². The Morgan fingerprint density at radius 1 is 1.00 bits per heavy atom. The van der Waals surface area contributed by atoms with Gasteiger partial charge in [0, 0.05) is 36.9 Å². The Kier molecular flexibility index (Phi) is 7.73. The number of aliphatic carboxylic acids is 1. The number of hydrogen-bond acceptors (Lipinski definition) is 4. The van der Waals surface area contributed by atoms with E-state index in [1.807, 2.05) is 38.1 Å². The number of carboxylic acid groups (broad SMARTS) is 1. The Labute approximate surface area is 206 Å². The molecule has 0 saturated carbocycles. The van der Waals surface area contributed by atoms with Crippen molar-refractivity contribution in [3.63, 3.8) is 0 Å². The van der Waals surface area contributed by atoms with E-state index in [4.69, 9.17) is 9.84 Å². The standard InChI is InChI=1S/C28H34N2O5/c1-18(27(33)30-15-20(16-30)14-26(31)32)8-7-9-19(2)29-28(34)35-17-25-23-12-5-3-10-21(23)22-11-4-6-13-24(22)25/h3-6,10-13,18-20,25H,7-9,14-17H2,1-2H3,(H,29,34)(H,31,32). The monoisotopic (exact) mass is 478 g/mol. The first kappa shape index (κ1) is 24.8. The number of benzene rings is 2. The van der Waals surface area contributed by atoms with Crippen molar-refractivity contribution in [1.82, 2.24) is 10.2 Å². The lowest BCUT2D eigenvalue weighted by molar-refractivity contribution is -0.147. The van der Waals surface area contributed by atoms with Gasteiger partial charge in [-0.3, -0.25) is 9.59 Å². The summed E-state index contributed by atoms with van der Waals surface area (Å²) in [4.78, 5) is 37.4. The minimum Gasteiger partial charge on any atom is -0.481 e. The van der Waals surface area contributed by atoms with Crippen molar-refractivity contribution in [2.75, 3.05) is 19.7 Å². The molecule has 2 unspecified atom stereocenters. The highest BCUT2D eigenvalue weighted by molar-refractivity contribution is 5.80. The number of carbonyl (C=O) groups is 3. The van der Waals surface area contributed by atoms with Gasteiger partial charge in [0.05, 0.1) is 6.42 Å². The zero-order valence-corrected chi connectivity index (χ0v) is 20.4. The molecular formula is C28H34N2O5. The van der Waals surface area contributed by atoms with Crippen LogP contribution in [0.1, 0.15) is 56.6 Å². The number of amides is 2. The highest BCUT2D eigenvalue weighted by atomic mass is 16.5. The van der Waals surface area contributed by atoms with Crippen LogP contribution in [0.4, 0.5) is 4.79 Å². The molecule has 35 heavy (non-hydrogen) atoms. The molecule has 1 aliphatic carbocycles. The molecule has 7 heteroatoms. The number of hydrogen-bond donors (Lipinski definition) is 2. The van der Waals surface area contributed by atoms with Gasteiger partial charge in [-0.25, -0.2) is 4.79 Å². The summed E-state index contributed by atoms with van der Waals surface area (Å²) in [5.41, 5.74) is 4.77. The van der Waals surface area contributed by atoms with Gasteiger partial charge in [0.2, 0.25) is 5.91 Å². The molecule has 1 heterocycles. The minimum absolute atomic E-state index is 0.0342. The van der Waals surface area contributed by atoms with Crippen LogP contribution in [0, 0.1) is 11.8 Å². The van der Waals surface area contributed by atoms with Crippen LogP contribution >= 0.6 is 0 Å². The van der Waals surface area contributed by atoms with Crippen molar-refractivity contribution >= 4 is 18.0 Å². The summed E-state index contributed by atoms with van der Waals surface area (Å²) in [5, 5.41) is 11.7. The molecule has 2 aliphatic rings. The molecule has 7 nitrogen and oxygen atoms in total. The summed E-state index contributed by atoms with van der Waals surface area (Å²) >= 11 is 0. The van der Waals surface area contributed by atoms with Crippen LogP contribution in [-0.4, -0.2) is 53.7 Å². The molecule has 0 aromatic heterocycles. The largest absolute Gasteiger partial charge is 0.481 e. The fourth-order valence-corrected chi connectivity index (χ4v) is 5.20. The van der Waals surface area contributed by atoms with E-state index in [2.05, 4.69) is 29.6 Å². The zero-order chi connectivity index (χ0) is 24.9. The van der Waals surface area contributed by atoms with Gasteiger partial charge in [0.15, 0.2) is 0 Å². The van der Waals surface area contributed by atoms with E-state index >= 15 is 0 Å². The average Bonchev–Trinajstić information content (AvgIpc) is 3.13. The molecule has 4 rings (SSSR count). The lowest BCUT2D eigenvalue weighted by Crippen LogP contribution is -2.52. The molecule has 0 spiro atoms. The molecule has 2 aromatic carbocycles. The van der Waals surface area contributed by atoms with Crippen LogP contribution in [0.15, 0.2) is 48.5 Å². The van der Waals surface area contributed by atoms with Crippen molar-refractivity contribution in [3.8, 4) is 11.1 Å². The number of carbonyl (C=O) groups excluding carboxylic acids is 2. The molecule has 1 aliphatic heterocycles. The van der Waals surface area contributed by atoms with Crippen LogP contribution in [0.5, 0.6) is 0 Å². The first-order valence-corrected chi connectivity index (χ1v) is 12.5. The maximum atomic E-state index is 12.5. The maximum Gasteiger partial charge on any atom is 0.407 e. The van der Waals surface area contributed by atoms with E-state index in [0.717, 1.165) is 19.3 Å². The molecule has 2 atom stereocenters. The quantitative estimate of drug-likeness (QED) is 0.518. The third-order valence-corrected chi connectivity index (χ3v) is 7.14. The highest BCUT2D eigenvalue weighted by Gasteiger charge is 2.34. The summed E-state index contributed by atoms with van der Waals surface area (Å²) in [7, 11) is 0. The molecule has 2 aromatic rings. The van der Waals surface area contributed by atoms with Gasteiger partial charge in [0.1, 0.15) is 6.61 Å². The number of alkyl carbamates (subject to hydrolysis) is 1. The average molecular weight is 479 g/mol. The molecule has 1 fully saturated rings. The Hall–Kier alpha value is -3.35. The lowest BCUT2D eigenvalue weighted by atomic mass is 9.93. The second kappa shape index (κ2) is 10.9. The summed E-state index contributed by atoms with van der Waals surface area (Å²) in [6.45, 7) is 5.22. The Balaban J connectivity index is 1.17. The Bertz CT molecular complexity index is 1030. The number of fused-ring (bicyclic) bond motifs is 3. The van der Waals surface area contributed by atoms with Crippen LogP contribution in [-0.2, 0) is 14.3 Å². The molecule has 1 saturated heterocycles. The van der Waals surface area contributed by atoms with Crippen molar-refractivity contribution < 1.29 is 24.2 Å². The number of nitrogens with one attached hydrogen (secondary N) is 1. The SMILES string of the molecule is CC(CCCC(C)C(=O)N1CC(CC(=O)O)C1)NC(=O)OCC1c2ccccc2-c2ccccc21. The lowest BCUT2D eigenvalue weighted by Gasteiger charge is -2.40. The van der Waals surface area contributed by atoms with Gasteiger partial charge >= 0.3 is 12.1 Å². The number of carboxylic acids is 1. The van der Waals surface area contributed by atoms with Crippen molar-refractivity contribution in [2.24, 2.45) is 11.8 Å². The fraction of sp³-hybridized carbons (Fsp3) is 0.464. The Morgan fingerprint density at radius 2 is 1.60 bits per heavy atom. The normalized spacial score (nSPS) is 16.6. The summed E-state index contributed by atoms with van der Waals surface area (Å²) in [6.07, 6.45) is 1.99. The van der Waals surface area contributed by atoms with Crippen LogP contribution in [0.2, 0.25) is 0 Å². The van der Waals surface area contributed by atoms with Gasteiger partial charge in [-0.2, -0.15) is 0 Å². The third-order valence-electron chi connectivity index (χ3n) is 7.14. The molecule has 2 N–H and O–H groups in total. The topological polar surface area (TPSA) is 95.9 Å². The smallest absolute Gasteiger partial charge is 0.407 e. The molecular weight excluding hydrogens is 444 g/mol. The molecule has 0 radical (unpaired) electrons. The van der Waals surface area contributed by atoms with E-state index < -0.39 is 12.1 Å². The summed E-state index contributed by atoms with van der Waals surface area (Å²) in [6, 6.07) is 16.4. The van der Waals surface area contributed by atoms with Crippen molar-refractivity contribution in [2.45, 2.75) is 51.5 Å². The van der Waals surface area contributed by atoms with Gasteiger partial charge in [0.25, 0.3) is 0 Å². The molecule has 186 valence electrons. The summed E-state index contributed by atoms with van der Waals surface area (Å²) in [5.74, 6) is -0.726. The molecule has 0 bridgehead atoms. The van der Waals surface area contributed by atoms with E-state index in [-0.39, 0.29) is 42.7 Å². The van der Waals surface area contributed by atoms with Gasteiger partial charge in [-0.1, -0.05) is 61.9 Å². The number of ether oxygens (including phenoxy) is 1. The van der Waals surface area contributed by atoms with Gasteiger partial charge in [-0.15, -0.1) is 0 Å². The number of nitrogens with zero attached hydrogens (tertiary/aromatic N) is 1. The predicted octanol–water partition coefficient (Wildman–Crippen LogP) is 4.65. The van der Waals surface area contributed by atoms with Crippen LogP contribution < -0.4 is 5.32 Å². The first-order valence-electron chi connectivity index (χ1n) is 12.5. The minimum atomic E-state index is -0.812. The second-order valence-corrected chi connectivity index (χ2v) is 9.91. The first-order chi connectivity index (χ1) is 16.8. The number of likely N-dealkylation sites (tertiary alicyclic amines) is 1. The maximum absolute atomic E-state index is 12.5. The molecule has 2 amide bonds. The Morgan fingerprint density at radius 3 is 2.20 bits per heavy atom. The van der Waals surface area contributed by atoms with Crippen molar-refractivity contribution in [3.05, 3.63) is 59.7 Å². The third kappa shape index (κ3) is 5.84.